The predicted octanol–water partition coefficient (Wildman–Crippen LogP) is 2.69. The Bertz CT molecular complexity index is 732. The lowest BCUT2D eigenvalue weighted by Gasteiger charge is -2.26. The Kier molecular flexibility index (Phi) is 8.29. The number of amides is 2. The van der Waals surface area contributed by atoms with Crippen molar-refractivity contribution < 1.29 is 14.3 Å². The number of para-hydroxylation sites is 1. The summed E-state index contributed by atoms with van der Waals surface area (Å²) >= 11 is 1.49. The van der Waals surface area contributed by atoms with E-state index in [2.05, 4.69) is 15.5 Å². The van der Waals surface area contributed by atoms with Crippen LogP contribution in [-0.2, 0) is 4.79 Å². The molecule has 146 valence electrons. The molecule has 2 N–H and O–H groups in total. The molecule has 1 aromatic heterocycles. The van der Waals surface area contributed by atoms with Crippen LogP contribution in [-0.4, -0.2) is 51.0 Å². The number of rotatable bonds is 10. The highest BCUT2D eigenvalue weighted by molar-refractivity contribution is 7.08. The van der Waals surface area contributed by atoms with E-state index in [1.165, 1.54) is 11.3 Å². The van der Waals surface area contributed by atoms with Crippen molar-refractivity contribution in [1.29, 1.82) is 0 Å². The molecule has 1 aromatic carbocycles. The van der Waals surface area contributed by atoms with Gasteiger partial charge >= 0.3 is 0 Å². The van der Waals surface area contributed by atoms with Crippen molar-refractivity contribution in [3.05, 3.63) is 52.2 Å². The molecular weight excluding hydrogens is 362 g/mol. The fraction of sp³-hybridized carbons (Fsp3) is 0.400. The van der Waals surface area contributed by atoms with Gasteiger partial charge in [-0.3, -0.25) is 9.59 Å². The molecule has 27 heavy (non-hydrogen) atoms. The van der Waals surface area contributed by atoms with E-state index in [9.17, 15) is 9.59 Å². The van der Waals surface area contributed by atoms with E-state index in [4.69, 9.17) is 4.74 Å². The van der Waals surface area contributed by atoms with Gasteiger partial charge in [0, 0.05) is 36.0 Å². The summed E-state index contributed by atoms with van der Waals surface area (Å²) < 4.78 is 5.44. The van der Waals surface area contributed by atoms with Crippen LogP contribution in [0.5, 0.6) is 5.75 Å². The maximum Gasteiger partial charge on any atom is 0.252 e. The van der Waals surface area contributed by atoms with Gasteiger partial charge in [0.05, 0.1) is 13.2 Å². The highest BCUT2D eigenvalue weighted by Crippen LogP contribution is 2.27. The van der Waals surface area contributed by atoms with Crippen LogP contribution in [0.15, 0.2) is 41.1 Å². The van der Waals surface area contributed by atoms with Crippen LogP contribution in [0.4, 0.5) is 0 Å². The Morgan fingerprint density at radius 3 is 2.63 bits per heavy atom. The fourth-order valence-electron chi connectivity index (χ4n) is 2.76. The number of benzene rings is 1. The molecule has 0 spiro atoms. The van der Waals surface area contributed by atoms with Crippen molar-refractivity contribution in [3.63, 3.8) is 0 Å². The molecule has 2 aromatic rings. The average Bonchev–Trinajstić information content (AvgIpc) is 3.20. The topological polar surface area (TPSA) is 70.7 Å². The Balaban J connectivity index is 1.76. The minimum atomic E-state index is -0.0968. The van der Waals surface area contributed by atoms with Gasteiger partial charge in [-0.15, -0.1) is 0 Å². The van der Waals surface area contributed by atoms with Crippen LogP contribution in [0.2, 0.25) is 0 Å². The van der Waals surface area contributed by atoms with E-state index < -0.39 is 0 Å². The number of nitrogens with zero attached hydrogens (tertiary/aromatic N) is 1. The Labute approximate surface area is 164 Å². The molecule has 2 amide bonds. The third-order valence-electron chi connectivity index (χ3n) is 4.26. The van der Waals surface area contributed by atoms with Crippen molar-refractivity contribution in [2.45, 2.75) is 18.9 Å². The first kappa shape index (κ1) is 20.9. The Morgan fingerprint density at radius 1 is 1.19 bits per heavy atom. The second kappa shape index (κ2) is 10.7. The standard InChI is InChI=1S/C20H27N3O3S/c1-23(2)17(16-7-4-5-8-18(16)26-3)13-22-19(24)9-6-11-21-20(25)15-10-12-27-14-15/h4-5,7-8,10,12,14,17H,6,9,11,13H2,1-3H3,(H,21,25)(H,22,24). The molecule has 0 radical (unpaired) electrons. The molecule has 0 bridgehead atoms. The summed E-state index contributed by atoms with van der Waals surface area (Å²) in [6, 6.07) is 9.62. The van der Waals surface area contributed by atoms with E-state index in [-0.39, 0.29) is 17.9 Å². The highest BCUT2D eigenvalue weighted by atomic mass is 32.1. The van der Waals surface area contributed by atoms with E-state index in [0.29, 0.717) is 31.5 Å². The first-order valence-electron chi connectivity index (χ1n) is 8.89. The summed E-state index contributed by atoms with van der Waals surface area (Å²) in [6.07, 6.45) is 0.971. The molecule has 0 aliphatic carbocycles. The van der Waals surface area contributed by atoms with Crippen LogP contribution in [0.3, 0.4) is 0 Å². The smallest absolute Gasteiger partial charge is 0.252 e. The van der Waals surface area contributed by atoms with Crippen molar-refractivity contribution in [2.24, 2.45) is 0 Å². The van der Waals surface area contributed by atoms with Crippen LogP contribution < -0.4 is 15.4 Å². The maximum absolute atomic E-state index is 12.2. The van der Waals surface area contributed by atoms with Gasteiger partial charge in [-0.2, -0.15) is 11.3 Å². The maximum atomic E-state index is 12.2. The predicted molar refractivity (Wildman–Crippen MR) is 108 cm³/mol. The molecule has 1 unspecified atom stereocenters. The molecule has 1 atom stereocenters. The summed E-state index contributed by atoms with van der Waals surface area (Å²) in [7, 11) is 5.60. The molecule has 7 heteroatoms. The average molecular weight is 390 g/mol. The molecule has 0 aliphatic heterocycles. The zero-order valence-corrected chi connectivity index (χ0v) is 16.8. The van der Waals surface area contributed by atoms with Gasteiger partial charge in [-0.1, -0.05) is 18.2 Å². The van der Waals surface area contributed by atoms with Gasteiger partial charge in [0.2, 0.25) is 5.91 Å². The van der Waals surface area contributed by atoms with Crippen LogP contribution in [0, 0.1) is 0 Å². The summed E-state index contributed by atoms with van der Waals surface area (Å²) in [5.74, 6) is 0.684. The number of carbonyl (C=O) groups is 2. The molecule has 1 heterocycles. The number of ether oxygens (including phenoxy) is 1. The summed E-state index contributed by atoms with van der Waals surface area (Å²) in [5, 5.41) is 9.48. The minimum Gasteiger partial charge on any atom is -0.496 e. The highest BCUT2D eigenvalue weighted by Gasteiger charge is 2.18. The normalized spacial score (nSPS) is 11.9. The number of carbonyl (C=O) groups excluding carboxylic acids is 2. The van der Waals surface area contributed by atoms with Crippen LogP contribution >= 0.6 is 11.3 Å². The molecule has 0 saturated carbocycles. The van der Waals surface area contributed by atoms with Gasteiger partial charge in [-0.25, -0.2) is 0 Å². The van der Waals surface area contributed by atoms with E-state index in [1.807, 2.05) is 43.7 Å². The lowest BCUT2D eigenvalue weighted by atomic mass is 10.0. The third-order valence-corrected chi connectivity index (χ3v) is 4.95. The van der Waals surface area contributed by atoms with Crippen LogP contribution in [0.1, 0.15) is 34.8 Å². The molecule has 0 aliphatic rings. The van der Waals surface area contributed by atoms with Gasteiger partial charge in [0.1, 0.15) is 5.75 Å². The van der Waals surface area contributed by atoms with E-state index >= 15 is 0 Å². The number of hydrogen-bond acceptors (Lipinski definition) is 5. The zero-order chi connectivity index (χ0) is 19.6. The first-order chi connectivity index (χ1) is 13.0. The second-order valence-electron chi connectivity index (χ2n) is 6.40. The van der Waals surface area contributed by atoms with E-state index in [1.54, 1.807) is 18.6 Å². The summed E-state index contributed by atoms with van der Waals surface area (Å²) in [6.45, 7) is 0.971. The van der Waals surface area contributed by atoms with Crippen molar-refractivity contribution in [2.75, 3.05) is 34.3 Å². The lowest BCUT2D eigenvalue weighted by molar-refractivity contribution is -0.121. The molecule has 0 saturated heterocycles. The largest absolute Gasteiger partial charge is 0.496 e. The monoisotopic (exact) mass is 389 g/mol. The Hall–Kier alpha value is -2.38. The number of nitrogens with one attached hydrogen (secondary N) is 2. The zero-order valence-electron chi connectivity index (χ0n) is 16.0. The second-order valence-corrected chi connectivity index (χ2v) is 7.18. The number of hydrogen-bond donors (Lipinski definition) is 2. The quantitative estimate of drug-likeness (QED) is 0.613. The number of thiophene rings is 1. The summed E-state index contributed by atoms with van der Waals surface area (Å²) in [4.78, 5) is 26.0. The lowest BCUT2D eigenvalue weighted by Crippen LogP contribution is -2.35. The third kappa shape index (κ3) is 6.37. The van der Waals surface area contributed by atoms with Crippen LogP contribution in [0.25, 0.3) is 0 Å². The molecule has 6 nitrogen and oxygen atoms in total. The fourth-order valence-corrected chi connectivity index (χ4v) is 3.39. The Morgan fingerprint density at radius 2 is 1.96 bits per heavy atom. The molecule has 0 fully saturated rings. The van der Waals surface area contributed by atoms with Crippen molar-refractivity contribution >= 4 is 23.2 Å². The summed E-state index contributed by atoms with van der Waals surface area (Å²) in [5.41, 5.74) is 1.70. The minimum absolute atomic E-state index is 0.0170. The number of likely N-dealkylation sites (N-methyl/N-ethyl adjacent to an activating group) is 1. The SMILES string of the molecule is COc1ccccc1C(CNC(=O)CCCNC(=O)c1ccsc1)N(C)C. The first-order valence-corrected chi connectivity index (χ1v) is 9.83. The number of methoxy groups -OCH3 is 1. The van der Waals surface area contributed by atoms with Crippen molar-refractivity contribution in [3.8, 4) is 5.75 Å². The molecular formula is C20H27N3O3S. The molecule has 2 rings (SSSR count). The van der Waals surface area contributed by atoms with Gasteiger partial charge in [0.25, 0.3) is 5.91 Å². The van der Waals surface area contributed by atoms with Gasteiger partial charge < -0.3 is 20.3 Å². The van der Waals surface area contributed by atoms with Gasteiger partial charge in [0.15, 0.2) is 0 Å². The van der Waals surface area contributed by atoms with Crippen molar-refractivity contribution in [1.82, 2.24) is 15.5 Å². The van der Waals surface area contributed by atoms with Gasteiger partial charge in [-0.05, 0) is 38.0 Å². The van der Waals surface area contributed by atoms with E-state index in [0.717, 1.165) is 11.3 Å².